The summed E-state index contributed by atoms with van der Waals surface area (Å²) in [5.74, 6) is 0.749. The van der Waals surface area contributed by atoms with Crippen LogP contribution < -0.4 is 5.73 Å². The molecule has 1 aromatic carbocycles. The number of nitrogen functional groups attached to an aromatic ring is 1. The number of anilines is 1. The van der Waals surface area contributed by atoms with Crippen molar-refractivity contribution in [2.45, 2.75) is 33.7 Å². The maximum Gasteiger partial charge on any atom is 0.136 e. The number of aryl methyl sites for hydroxylation is 3. The minimum Gasteiger partial charge on any atom is -0.383 e. The Morgan fingerprint density at radius 3 is 2.39 bits per heavy atom. The van der Waals surface area contributed by atoms with Gasteiger partial charge in [-0.25, -0.2) is 4.68 Å². The number of hydrogen-bond donors (Lipinski definition) is 1. The molecule has 1 aromatic heterocycles. The standard InChI is InChI=1S/C14H18IN3/c1-8-5-6-12(7-9(8)2)11(4)18-14(16)13(15)10(3)17-18/h5-7,11H,16H2,1-4H3. The van der Waals surface area contributed by atoms with Gasteiger partial charge in [0.2, 0.25) is 0 Å². The molecule has 1 unspecified atom stereocenters. The van der Waals surface area contributed by atoms with Gasteiger partial charge in [0.25, 0.3) is 0 Å². The predicted octanol–water partition coefficient (Wildman–Crippen LogP) is 3.60. The topological polar surface area (TPSA) is 43.8 Å². The summed E-state index contributed by atoms with van der Waals surface area (Å²) < 4.78 is 2.95. The molecule has 3 nitrogen and oxygen atoms in total. The molecule has 0 bridgehead atoms. The lowest BCUT2D eigenvalue weighted by Gasteiger charge is -2.15. The molecule has 18 heavy (non-hydrogen) atoms. The third-order valence-electron chi connectivity index (χ3n) is 3.43. The van der Waals surface area contributed by atoms with E-state index in [1.807, 2.05) is 11.6 Å². The fourth-order valence-electron chi connectivity index (χ4n) is 2.01. The van der Waals surface area contributed by atoms with Crippen LogP contribution in [0.2, 0.25) is 0 Å². The second-order valence-electron chi connectivity index (χ2n) is 4.75. The third kappa shape index (κ3) is 2.25. The van der Waals surface area contributed by atoms with Crippen LogP contribution in [0, 0.1) is 24.3 Å². The van der Waals surface area contributed by atoms with Crippen LogP contribution in [0.1, 0.15) is 35.3 Å². The van der Waals surface area contributed by atoms with Crippen molar-refractivity contribution in [1.82, 2.24) is 9.78 Å². The Morgan fingerprint density at radius 2 is 1.89 bits per heavy atom. The van der Waals surface area contributed by atoms with Gasteiger partial charge in [0.05, 0.1) is 15.3 Å². The van der Waals surface area contributed by atoms with E-state index in [9.17, 15) is 0 Å². The van der Waals surface area contributed by atoms with Crippen LogP contribution in [0.3, 0.4) is 0 Å². The fraction of sp³-hybridized carbons (Fsp3) is 0.357. The summed E-state index contributed by atoms with van der Waals surface area (Å²) in [5, 5.41) is 4.52. The highest BCUT2D eigenvalue weighted by molar-refractivity contribution is 14.1. The van der Waals surface area contributed by atoms with Gasteiger partial charge in [-0.2, -0.15) is 5.10 Å². The van der Waals surface area contributed by atoms with E-state index in [0.717, 1.165) is 15.1 Å². The highest BCUT2D eigenvalue weighted by atomic mass is 127. The Kier molecular flexibility index (Phi) is 3.66. The summed E-state index contributed by atoms with van der Waals surface area (Å²) in [6.45, 7) is 8.37. The molecule has 4 heteroatoms. The second-order valence-corrected chi connectivity index (χ2v) is 5.83. The first-order chi connectivity index (χ1) is 8.41. The lowest BCUT2D eigenvalue weighted by atomic mass is 10.0. The molecule has 0 saturated carbocycles. The molecule has 2 aromatic rings. The molecule has 0 fully saturated rings. The van der Waals surface area contributed by atoms with Crippen molar-refractivity contribution >= 4 is 28.4 Å². The van der Waals surface area contributed by atoms with Gasteiger partial charge in [-0.3, -0.25) is 0 Å². The van der Waals surface area contributed by atoms with Crippen LogP contribution in [-0.4, -0.2) is 9.78 Å². The number of hydrogen-bond acceptors (Lipinski definition) is 2. The monoisotopic (exact) mass is 355 g/mol. The molecule has 2 N–H and O–H groups in total. The highest BCUT2D eigenvalue weighted by Crippen LogP contribution is 2.26. The summed E-state index contributed by atoms with van der Waals surface area (Å²) in [6.07, 6.45) is 0. The molecule has 0 aliphatic rings. The van der Waals surface area contributed by atoms with Crippen LogP contribution in [0.5, 0.6) is 0 Å². The van der Waals surface area contributed by atoms with E-state index < -0.39 is 0 Å². The predicted molar refractivity (Wildman–Crippen MR) is 83.8 cm³/mol. The molecule has 0 saturated heterocycles. The van der Waals surface area contributed by atoms with E-state index in [1.54, 1.807) is 0 Å². The molecule has 2 rings (SSSR count). The Balaban J connectivity index is 2.44. The highest BCUT2D eigenvalue weighted by Gasteiger charge is 2.16. The fourth-order valence-corrected chi connectivity index (χ4v) is 2.36. The minimum absolute atomic E-state index is 0.159. The van der Waals surface area contributed by atoms with E-state index in [-0.39, 0.29) is 6.04 Å². The van der Waals surface area contributed by atoms with Crippen LogP contribution in [0.4, 0.5) is 5.82 Å². The van der Waals surface area contributed by atoms with Gasteiger partial charge in [0, 0.05) is 0 Å². The number of rotatable bonds is 2. The zero-order chi connectivity index (χ0) is 13.4. The summed E-state index contributed by atoms with van der Waals surface area (Å²) in [4.78, 5) is 0. The Morgan fingerprint density at radius 1 is 1.22 bits per heavy atom. The first kappa shape index (κ1) is 13.4. The van der Waals surface area contributed by atoms with Crippen molar-refractivity contribution in [1.29, 1.82) is 0 Å². The van der Waals surface area contributed by atoms with Crippen LogP contribution >= 0.6 is 22.6 Å². The van der Waals surface area contributed by atoms with E-state index in [2.05, 4.69) is 66.7 Å². The normalized spacial score (nSPS) is 12.7. The van der Waals surface area contributed by atoms with Crippen molar-refractivity contribution in [3.05, 3.63) is 44.2 Å². The summed E-state index contributed by atoms with van der Waals surface area (Å²) in [7, 11) is 0. The number of benzene rings is 1. The number of aromatic nitrogens is 2. The minimum atomic E-state index is 0.159. The van der Waals surface area contributed by atoms with Gasteiger partial charge in [-0.1, -0.05) is 18.2 Å². The summed E-state index contributed by atoms with van der Waals surface area (Å²) in [6, 6.07) is 6.67. The van der Waals surface area contributed by atoms with Crippen molar-refractivity contribution in [3.63, 3.8) is 0 Å². The molecule has 0 radical (unpaired) electrons. The number of nitrogens with zero attached hydrogens (tertiary/aromatic N) is 2. The first-order valence-electron chi connectivity index (χ1n) is 5.99. The Bertz CT molecular complexity index is 587. The van der Waals surface area contributed by atoms with Crippen molar-refractivity contribution < 1.29 is 0 Å². The lowest BCUT2D eigenvalue weighted by molar-refractivity contribution is 0.568. The van der Waals surface area contributed by atoms with Gasteiger partial charge >= 0.3 is 0 Å². The Labute approximate surface area is 122 Å². The zero-order valence-electron chi connectivity index (χ0n) is 11.2. The molecule has 0 aliphatic carbocycles. The summed E-state index contributed by atoms with van der Waals surface area (Å²) >= 11 is 2.25. The molecular weight excluding hydrogens is 337 g/mol. The molecule has 1 heterocycles. The van der Waals surface area contributed by atoms with E-state index in [1.165, 1.54) is 16.7 Å². The summed E-state index contributed by atoms with van der Waals surface area (Å²) in [5.41, 5.74) is 10.9. The van der Waals surface area contributed by atoms with Crippen LogP contribution in [0.15, 0.2) is 18.2 Å². The molecule has 0 amide bonds. The second kappa shape index (κ2) is 4.91. The van der Waals surface area contributed by atoms with Crippen molar-refractivity contribution in [2.75, 3.05) is 5.73 Å². The zero-order valence-corrected chi connectivity index (χ0v) is 13.3. The number of halogens is 1. The molecule has 96 valence electrons. The average molecular weight is 355 g/mol. The molecule has 1 atom stereocenters. The van der Waals surface area contributed by atoms with Gasteiger partial charge < -0.3 is 5.73 Å². The van der Waals surface area contributed by atoms with E-state index >= 15 is 0 Å². The van der Waals surface area contributed by atoms with E-state index in [0.29, 0.717) is 0 Å². The van der Waals surface area contributed by atoms with E-state index in [4.69, 9.17) is 5.73 Å². The van der Waals surface area contributed by atoms with Gasteiger partial charge in [-0.05, 0) is 67.0 Å². The Hall–Kier alpha value is -1.04. The third-order valence-corrected chi connectivity index (χ3v) is 4.76. The maximum atomic E-state index is 6.10. The van der Waals surface area contributed by atoms with Gasteiger partial charge in [0.15, 0.2) is 0 Å². The average Bonchev–Trinajstić information content (AvgIpc) is 2.60. The maximum absolute atomic E-state index is 6.10. The van der Waals surface area contributed by atoms with Crippen molar-refractivity contribution in [2.24, 2.45) is 0 Å². The van der Waals surface area contributed by atoms with Gasteiger partial charge in [0.1, 0.15) is 5.82 Å². The van der Waals surface area contributed by atoms with Crippen molar-refractivity contribution in [3.8, 4) is 0 Å². The van der Waals surface area contributed by atoms with Gasteiger partial charge in [-0.15, -0.1) is 0 Å². The van der Waals surface area contributed by atoms with Crippen LogP contribution in [0.25, 0.3) is 0 Å². The molecule has 0 aliphatic heterocycles. The molecule has 0 spiro atoms. The number of nitrogens with two attached hydrogens (primary N) is 1. The first-order valence-corrected chi connectivity index (χ1v) is 7.07. The SMILES string of the molecule is Cc1ccc(C(C)n2nc(C)c(I)c2N)cc1C. The molecular formula is C14H18IN3. The quantitative estimate of drug-likeness (QED) is 0.837. The smallest absolute Gasteiger partial charge is 0.136 e. The van der Waals surface area contributed by atoms with Crippen LogP contribution in [-0.2, 0) is 0 Å². The largest absolute Gasteiger partial charge is 0.383 e. The lowest BCUT2D eigenvalue weighted by Crippen LogP contribution is -2.12.